The molecule has 3 N–H and O–H groups in total. The lowest BCUT2D eigenvalue weighted by Crippen LogP contribution is -2.53. The van der Waals surface area contributed by atoms with Crippen molar-refractivity contribution in [2.75, 3.05) is 32.0 Å². The largest absolute Gasteiger partial charge is 0.369 e. The zero-order chi connectivity index (χ0) is 21.4. The van der Waals surface area contributed by atoms with E-state index >= 15 is 0 Å². The molecule has 4 heterocycles. The summed E-state index contributed by atoms with van der Waals surface area (Å²) in [5, 5.41) is 8.25. The maximum Gasteiger partial charge on any atom is 0.280 e. The number of guanidine groups is 1. The molecule has 4 rings (SSSR count). The molecule has 0 atom stereocenters. The highest BCUT2D eigenvalue weighted by Crippen LogP contribution is 2.32. The summed E-state index contributed by atoms with van der Waals surface area (Å²) in [5.41, 5.74) is 2.29. The first-order valence-corrected chi connectivity index (χ1v) is 11.9. The molecule has 2 aromatic heterocycles. The van der Waals surface area contributed by atoms with Crippen LogP contribution in [0.2, 0.25) is 0 Å². The highest BCUT2D eigenvalue weighted by molar-refractivity contribution is 14.1. The summed E-state index contributed by atoms with van der Waals surface area (Å²) >= 11 is 5.09. The van der Waals surface area contributed by atoms with E-state index in [0.717, 1.165) is 11.3 Å². The number of rotatable bonds is 6. The minimum atomic E-state index is -0.272. The van der Waals surface area contributed by atoms with Gasteiger partial charge in [0, 0.05) is 34.3 Å². The summed E-state index contributed by atoms with van der Waals surface area (Å²) in [6, 6.07) is 2.11. The van der Waals surface area contributed by atoms with Gasteiger partial charge in [-0.1, -0.05) is 0 Å². The molecule has 30 heavy (non-hydrogen) atoms. The van der Waals surface area contributed by atoms with E-state index in [-0.39, 0.29) is 18.4 Å². The zero-order valence-electron chi connectivity index (χ0n) is 16.6. The van der Waals surface area contributed by atoms with Gasteiger partial charge in [-0.05, 0) is 19.9 Å². The van der Waals surface area contributed by atoms with Crippen LogP contribution in [0, 0.1) is 13.8 Å². The Morgan fingerprint density at radius 2 is 2.17 bits per heavy atom. The Balaban J connectivity index is 1.43. The number of anilines is 1. The molecule has 0 bridgehead atoms. The van der Waals surface area contributed by atoms with Crippen LogP contribution in [0.3, 0.4) is 0 Å². The standard InChI is InChI=1S/C18H20IN7O2S2/c1-9-6-11(10(2)30-9)12-8-29-17(22-12)23-13(27)7-21-14-15(24-19)26-5-4-20-18(26)25(3)16(14)28/h6,8,21,24H,4-5,7H2,1-3H3,(H,22,23,27). The molecule has 0 aliphatic carbocycles. The number of hydrogen-bond donors (Lipinski definition) is 3. The van der Waals surface area contributed by atoms with Crippen LogP contribution in [0.15, 0.2) is 28.0 Å². The van der Waals surface area contributed by atoms with Crippen LogP contribution in [0.4, 0.5) is 5.13 Å². The van der Waals surface area contributed by atoms with E-state index in [1.165, 1.54) is 26.0 Å². The Morgan fingerprint density at radius 1 is 1.37 bits per heavy atom. The maximum atomic E-state index is 12.7. The summed E-state index contributed by atoms with van der Waals surface area (Å²) in [7, 11) is 1.68. The van der Waals surface area contributed by atoms with Gasteiger partial charge in [-0.15, -0.1) is 22.7 Å². The number of fused-ring (bicyclic) bond motifs is 1. The lowest BCUT2D eigenvalue weighted by molar-refractivity contribution is -0.124. The Labute approximate surface area is 195 Å². The van der Waals surface area contributed by atoms with Gasteiger partial charge in [-0.3, -0.25) is 24.4 Å². The topological polar surface area (TPSA) is 102 Å². The molecule has 0 radical (unpaired) electrons. The zero-order valence-corrected chi connectivity index (χ0v) is 20.4. The van der Waals surface area contributed by atoms with Crippen molar-refractivity contribution in [3.05, 3.63) is 32.7 Å². The smallest absolute Gasteiger partial charge is 0.280 e. The van der Waals surface area contributed by atoms with E-state index in [1.807, 2.05) is 33.1 Å². The van der Waals surface area contributed by atoms with E-state index in [9.17, 15) is 9.59 Å². The van der Waals surface area contributed by atoms with E-state index < -0.39 is 0 Å². The average Bonchev–Trinajstić information content (AvgIpc) is 3.43. The summed E-state index contributed by atoms with van der Waals surface area (Å²) in [6.07, 6.45) is 0. The third-order valence-corrected chi connectivity index (χ3v) is 6.96. The molecule has 0 saturated heterocycles. The third-order valence-electron chi connectivity index (χ3n) is 4.73. The normalized spacial score (nSPS) is 16.0. The van der Waals surface area contributed by atoms with Crippen molar-refractivity contribution >= 4 is 68.4 Å². The SMILES string of the molecule is Cc1cc(-c2csc(NC(=O)CNC3=C(NI)N4CCN=C4N(C)C3=O)n2)c(C)s1. The third kappa shape index (κ3) is 3.90. The summed E-state index contributed by atoms with van der Waals surface area (Å²) in [6.45, 7) is 5.38. The van der Waals surface area contributed by atoms with Crippen molar-refractivity contribution in [1.82, 2.24) is 23.6 Å². The number of halogens is 1. The molecule has 0 unspecified atom stereocenters. The lowest BCUT2D eigenvalue weighted by atomic mass is 10.2. The van der Waals surface area contributed by atoms with Crippen LogP contribution in [-0.4, -0.2) is 59.2 Å². The molecule has 12 heteroatoms. The van der Waals surface area contributed by atoms with Crippen molar-refractivity contribution in [3.63, 3.8) is 0 Å². The molecule has 0 saturated carbocycles. The number of thiophene rings is 1. The summed E-state index contributed by atoms with van der Waals surface area (Å²) < 4.78 is 3.02. The number of aryl methyl sites for hydroxylation is 2. The van der Waals surface area contributed by atoms with Gasteiger partial charge in [0.2, 0.25) is 11.9 Å². The monoisotopic (exact) mass is 557 g/mol. The predicted molar refractivity (Wildman–Crippen MR) is 127 cm³/mol. The van der Waals surface area contributed by atoms with Crippen molar-refractivity contribution in [3.8, 4) is 11.3 Å². The van der Waals surface area contributed by atoms with Gasteiger partial charge in [0.1, 0.15) is 11.5 Å². The molecule has 0 spiro atoms. The van der Waals surface area contributed by atoms with Gasteiger partial charge >= 0.3 is 0 Å². The highest BCUT2D eigenvalue weighted by Gasteiger charge is 2.37. The average molecular weight is 557 g/mol. The molecule has 9 nitrogen and oxygen atoms in total. The van der Waals surface area contributed by atoms with Crippen molar-refractivity contribution in [2.24, 2.45) is 4.99 Å². The van der Waals surface area contributed by atoms with Crippen molar-refractivity contribution in [1.29, 1.82) is 0 Å². The van der Waals surface area contributed by atoms with Gasteiger partial charge < -0.3 is 14.2 Å². The second-order valence-electron chi connectivity index (χ2n) is 6.78. The fourth-order valence-corrected chi connectivity index (χ4v) is 5.58. The molecule has 0 aromatic carbocycles. The molecule has 2 amide bonds. The number of thiazole rings is 1. The minimum absolute atomic E-state index is 0.0530. The van der Waals surface area contributed by atoms with Gasteiger partial charge in [0.05, 0.1) is 41.6 Å². The van der Waals surface area contributed by atoms with Gasteiger partial charge in [0.25, 0.3) is 5.91 Å². The first kappa shape index (κ1) is 21.1. The molecular formula is C18H20IN7O2S2. The molecule has 2 aliphatic rings. The van der Waals surface area contributed by atoms with Crippen LogP contribution < -0.4 is 14.2 Å². The molecule has 2 aliphatic heterocycles. The first-order valence-electron chi connectivity index (χ1n) is 9.16. The second-order valence-corrected chi connectivity index (χ2v) is 9.64. The summed E-state index contributed by atoms with van der Waals surface area (Å²) in [5.74, 6) is 0.718. The Morgan fingerprint density at radius 3 is 2.87 bits per heavy atom. The van der Waals surface area contributed by atoms with Gasteiger partial charge in [0.15, 0.2) is 5.13 Å². The molecule has 158 valence electrons. The minimum Gasteiger partial charge on any atom is -0.369 e. The first-order chi connectivity index (χ1) is 14.4. The van der Waals surface area contributed by atoms with E-state index in [4.69, 9.17) is 0 Å². The van der Waals surface area contributed by atoms with Crippen LogP contribution in [0.25, 0.3) is 11.3 Å². The van der Waals surface area contributed by atoms with Crippen molar-refractivity contribution in [2.45, 2.75) is 13.8 Å². The van der Waals surface area contributed by atoms with Crippen LogP contribution in [-0.2, 0) is 9.59 Å². The lowest BCUT2D eigenvalue weighted by Gasteiger charge is -2.34. The second kappa shape index (κ2) is 8.51. The van der Waals surface area contributed by atoms with Gasteiger partial charge in [-0.25, -0.2) is 4.98 Å². The Bertz CT molecular complexity index is 1070. The predicted octanol–water partition coefficient (Wildman–Crippen LogP) is 2.27. The highest BCUT2D eigenvalue weighted by atomic mass is 127. The van der Waals surface area contributed by atoms with E-state index in [1.54, 1.807) is 18.4 Å². The van der Waals surface area contributed by atoms with Crippen LogP contribution >= 0.6 is 45.5 Å². The number of carbonyl (C=O) groups is 2. The molecule has 0 fully saturated rings. The fourth-order valence-electron chi connectivity index (χ4n) is 3.36. The molecular weight excluding hydrogens is 537 g/mol. The van der Waals surface area contributed by atoms with Crippen molar-refractivity contribution < 1.29 is 9.59 Å². The van der Waals surface area contributed by atoms with E-state index in [2.05, 4.69) is 44.1 Å². The summed E-state index contributed by atoms with van der Waals surface area (Å²) in [4.78, 5) is 39.9. The van der Waals surface area contributed by atoms with Crippen LogP contribution in [0.1, 0.15) is 9.75 Å². The number of nitrogens with one attached hydrogen (secondary N) is 3. The number of likely N-dealkylation sites (N-methyl/N-ethyl adjacent to an activating group) is 1. The van der Waals surface area contributed by atoms with Gasteiger partial charge in [-0.2, -0.15) is 0 Å². The number of aliphatic imine (C=N–C) groups is 1. The fraction of sp³-hybridized carbons (Fsp3) is 0.333. The number of carbonyl (C=O) groups excluding carboxylic acids is 2. The number of aromatic nitrogens is 1. The number of nitrogens with zero attached hydrogens (tertiary/aromatic N) is 4. The Hall–Kier alpha value is -2.19. The van der Waals surface area contributed by atoms with E-state index in [0.29, 0.717) is 35.7 Å². The molecule has 2 aromatic rings. The Kier molecular flexibility index (Phi) is 5.97. The quantitative estimate of drug-likeness (QED) is 0.372. The van der Waals surface area contributed by atoms with Crippen LogP contribution in [0.5, 0.6) is 0 Å². The number of hydrogen-bond acceptors (Lipinski definition) is 9. The maximum absolute atomic E-state index is 12.7. The number of amides is 2.